The normalized spacial score (nSPS) is 11.7. The Hall–Kier alpha value is -2.64. The molecule has 7 heteroatoms. The first-order valence-corrected chi connectivity index (χ1v) is 12.6. The van der Waals surface area contributed by atoms with Crippen LogP contribution in [0.25, 0.3) is 11.0 Å². The highest BCUT2D eigenvalue weighted by Gasteiger charge is 2.13. The Morgan fingerprint density at radius 1 is 1.22 bits per heavy atom. The second-order valence-corrected chi connectivity index (χ2v) is 13.3. The summed E-state index contributed by atoms with van der Waals surface area (Å²) >= 11 is 0. The topological polar surface area (TPSA) is 79.4 Å². The minimum atomic E-state index is -1.09. The first-order valence-electron chi connectivity index (χ1n) is 8.93. The summed E-state index contributed by atoms with van der Waals surface area (Å²) in [5.74, 6) is 0.440. The molecule has 2 aromatic heterocycles. The maximum Gasteiger partial charge on any atom is 0.252 e. The van der Waals surface area contributed by atoms with Gasteiger partial charge in [0, 0.05) is 26.3 Å². The molecule has 0 unspecified atom stereocenters. The smallest absolute Gasteiger partial charge is 0.252 e. The van der Waals surface area contributed by atoms with Gasteiger partial charge in [-0.15, -0.1) is 0 Å². The van der Waals surface area contributed by atoms with Crippen molar-refractivity contribution in [2.75, 3.05) is 6.61 Å². The third-order valence-corrected chi connectivity index (χ3v) is 5.89. The second-order valence-electron chi connectivity index (χ2n) is 7.68. The van der Waals surface area contributed by atoms with Crippen molar-refractivity contribution in [3.05, 3.63) is 54.4 Å². The number of para-hydroxylation sites is 1. The van der Waals surface area contributed by atoms with Crippen molar-refractivity contribution in [2.24, 2.45) is 5.73 Å². The predicted octanol–water partition coefficient (Wildman–Crippen LogP) is 4.24. The van der Waals surface area contributed by atoms with Crippen LogP contribution in [0.1, 0.15) is 10.4 Å². The van der Waals surface area contributed by atoms with E-state index in [4.69, 9.17) is 15.2 Å². The number of primary amides is 1. The third-order valence-electron chi connectivity index (χ3n) is 4.18. The highest BCUT2D eigenvalue weighted by molar-refractivity contribution is 6.76. The summed E-state index contributed by atoms with van der Waals surface area (Å²) in [7, 11) is -1.09. The monoisotopic (exact) mass is 383 g/mol. The highest BCUT2D eigenvalue weighted by atomic mass is 28.3. The molecule has 1 amide bonds. The molecular formula is C20H25N3O3Si. The van der Waals surface area contributed by atoms with Crippen LogP contribution in [0, 0.1) is 0 Å². The molecule has 2 N–H and O–H groups in total. The molecule has 0 radical (unpaired) electrons. The van der Waals surface area contributed by atoms with E-state index in [0.717, 1.165) is 23.7 Å². The summed E-state index contributed by atoms with van der Waals surface area (Å²) < 4.78 is 13.6. The lowest BCUT2D eigenvalue weighted by Gasteiger charge is -2.15. The lowest BCUT2D eigenvalue weighted by atomic mass is 10.2. The molecule has 0 aliphatic heterocycles. The number of hydrogen-bond donors (Lipinski definition) is 1. The Balaban J connectivity index is 1.71. The third kappa shape index (κ3) is 4.96. The van der Waals surface area contributed by atoms with Crippen LogP contribution in [-0.4, -0.2) is 30.1 Å². The molecule has 3 rings (SSSR count). The van der Waals surface area contributed by atoms with E-state index in [-0.39, 0.29) is 0 Å². The van der Waals surface area contributed by atoms with Crippen LogP contribution in [-0.2, 0) is 11.5 Å². The first kappa shape index (κ1) is 19.1. The number of aromatic nitrogens is 2. The van der Waals surface area contributed by atoms with E-state index < -0.39 is 14.0 Å². The van der Waals surface area contributed by atoms with E-state index >= 15 is 0 Å². The van der Waals surface area contributed by atoms with E-state index in [0.29, 0.717) is 23.8 Å². The van der Waals surface area contributed by atoms with Crippen LogP contribution < -0.4 is 10.5 Å². The number of pyridine rings is 1. The molecule has 6 nitrogen and oxygen atoms in total. The Labute approximate surface area is 159 Å². The van der Waals surface area contributed by atoms with Gasteiger partial charge in [-0.25, -0.2) is 4.98 Å². The predicted molar refractivity (Wildman–Crippen MR) is 109 cm³/mol. The van der Waals surface area contributed by atoms with E-state index in [1.54, 1.807) is 30.5 Å². The van der Waals surface area contributed by atoms with Crippen molar-refractivity contribution < 1.29 is 14.3 Å². The zero-order valence-corrected chi connectivity index (χ0v) is 16.9. The molecule has 27 heavy (non-hydrogen) atoms. The SMILES string of the molecule is C[Si](C)(C)CCOCn1ccc2cc(Oc3ccccc3C(N)=O)cnc21. The molecule has 0 saturated heterocycles. The van der Waals surface area contributed by atoms with Crippen LogP contribution in [0.15, 0.2) is 48.8 Å². The highest BCUT2D eigenvalue weighted by Crippen LogP contribution is 2.27. The first-order chi connectivity index (χ1) is 12.8. The Bertz CT molecular complexity index is 947. The fraction of sp³-hybridized carbons (Fsp3) is 0.300. The Kier molecular flexibility index (Phi) is 5.62. The van der Waals surface area contributed by atoms with Crippen LogP contribution in [0.4, 0.5) is 0 Å². The number of hydrogen-bond acceptors (Lipinski definition) is 4. The van der Waals surface area contributed by atoms with Crippen molar-refractivity contribution in [2.45, 2.75) is 32.4 Å². The molecule has 0 fully saturated rings. The van der Waals surface area contributed by atoms with E-state index in [1.807, 2.05) is 22.9 Å². The summed E-state index contributed by atoms with van der Waals surface area (Å²) in [6.07, 6.45) is 3.59. The van der Waals surface area contributed by atoms with E-state index in [2.05, 4.69) is 24.6 Å². The number of carbonyl (C=O) groups is 1. The maximum atomic E-state index is 11.5. The molecule has 142 valence electrons. The summed E-state index contributed by atoms with van der Waals surface area (Å²) in [5.41, 5.74) is 6.57. The summed E-state index contributed by atoms with van der Waals surface area (Å²) in [5, 5.41) is 0.942. The van der Waals surface area contributed by atoms with Gasteiger partial charge in [0.15, 0.2) is 0 Å². The molecule has 0 aliphatic carbocycles. The quantitative estimate of drug-likeness (QED) is 0.466. The molecule has 0 aliphatic rings. The van der Waals surface area contributed by atoms with Gasteiger partial charge in [0.2, 0.25) is 0 Å². The molecule has 1 aromatic carbocycles. The molecule has 0 saturated carbocycles. The van der Waals surface area contributed by atoms with E-state index in [1.165, 1.54) is 0 Å². The fourth-order valence-corrected chi connectivity index (χ4v) is 3.40. The van der Waals surface area contributed by atoms with Gasteiger partial charge in [0.1, 0.15) is 23.9 Å². The number of nitrogens with zero attached hydrogens (tertiary/aromatic N) is 2. The lowest BCUT2D eigenvalue weighted by molar-refractivity contribution is 0.0898. The number of carbonyl (C=O) groups excluding carboxylic acids is 1. The standard InChI is InChI=1S/C20H25N3O3Si/c1-27(2,3)11-10-25-14-23-9-8-15-12-16(13-22-20(15)23)26-18-7-5-4-6-17(18)19(21)24/h4-9,12-13H,10-11,14H2,1-3H3,(H2,21,24). The number of ether oxygens (including phenoxy) is 2. The van der Waals surface area contributed by atoms with Gasteiger partial charge >= 0.3 is 0 Å². The average Bonchev–Trinajstić information content (AvgIpc) is 3.00. The van der Waals surface area contributed by atoms with Crippen molar-refractivity contribution in [1.82, 2.24) is 9.55 Å². The molecule has 0 atom stereocenters. The van der Waals surface area contributed by atoms with Crippen LogP contribution in [0.2, 0.25) is 25.7 Å². The second kappa shape index (κ2) is 7.94. The van der Waals surface area contributed by atoms with Gasteiger partial charge in [-0.3, -0.25) is 4.79 Å². The summed E-state index contributed by atoms with van der Waals surface area (Å²) in [4.78, 5) is 16.0. The molecule has 0 bridgehead atoms. The molecule has 0 spiro atoms. The van der Waals surface area contributed by atoms with Gasteiger partial charge < -0.3 is 19.8 Å². The minimum Gasteiger partial charge on any atom is -0.455 e. The maximum absolute atomic E-state index is 11.5. The fourth-order valence-electron chi connectivity index (χ4n) is 2.65. The van der Waals surface area contributed by atoms with Crippen molar-refractivity contribution in [3.8, 4) is 11.5 Å². The summed E-state index contributed by atoms with van der Waals surface area (Å²) in [6.45, 7) is 8.24. The largest absolute Gasteiger partial charge is 0.455 e. The summed E-state index contributed by atoms with van der Waals surface area (Å²) in [6, 6.07) is 11.9. The molecule has 2 heterocycles. The minimum absolute atomic E-state index is 0.339. The zero-order chi connectivity index (χ0) is 19.4. The van der Waals surface area contributed by atoms with Crippen molar-refractivity contribution >= 4 is 25.0 Å². The number of nitrogens with two attached hydrogens (primary N) is 1. The van der Waals surface area contributed by atoms with Gasteiger partial charge in [-0.05, 0) is 30.3 Å². The Morgan fingerprint density at radius 2 is 2.00 bits per heavy atom. The van der Waals surface area contributed by atoms with Crippen LogP contribution in [0.3, 0.4) is 0 Å². The van der Waals surface area contributed by atoms with Gasteiger partial charge in [0.25, 0.3) is 5.91 Å². The number of amides is 1. The number of rotatable bonds is 8. The van der Waals surface area contributed by atoms with E-state index in [9.17, 15) is 4.79 Å². The van der Waals surface area contributed by atoms with Gasteiger partial charge in [-0.1, -0.05) is 31.8 Å². The van der Waals surface area contributed by atoms with Crippen molar-refractivity contribution in [3.63, 3.8) is 0 Å². The Morgan fingerprint density at radius 3 is 2.74 bits per heavy atom. The van der Waals surface area contributed by atoms with Crippen LogP contribution >= 0.6 is 0 Å². The van der Waals surface area contributed by atoms with Crippen LogP contribution in [0.5, 0.6) is 11.5 Å². The number of benzene rings is 1. The number of fused-ring (bicyclic) bond motifs is 1. The zero-order valence-electron chi connectivity index (χ0n) is 15.9. The van der Waals surface area contributed by atoms with Gasteiger partial charge in [0.05, 0.1) is 11.8 Å². The molecular weight excluding hydrogens is 358 g/mol. The van der Waals surface area contributed by atoms with Gasteiger partial charge in [-0.2, -0.15) is 0 Å². The lowest BCUT2D eigenvalue weighted by Crippen LogP contribution is -2.22. The average molecular weight is 384 g/mol. The van der Waals surface area contributed by atoms with Crippen molar-refractivity contribution in [1.29, 1.82) is 0 Å². The molecule has 3 aromatic rings.